The number of carbonyl (C=O) groups excluding carboxylic acids is 2. The Balaban J connectivity index is 2.38. The highest BCUT2D eigenvalue weighted by Gasteiger charge is 2.31. The minimum atomic E-state index is -4.57. The molecule has 24 heavy (non-hydrogen) atoms. The van der Waals surface area contributed by atoms with Gasteiger partial charge in [-0.15, -0.1) is 11.3 Å². The fraction of sp³-hybridized carbons (Fsp3) is 0.143. The van der Waals surface area contributed by atoms with E-state index < -0.39 is 23.6 Å². The van der Waals surface area contributed by atoms with Gasteiger partial charge < -0.3 is 10.6 Å². The van der Waals surface area contributed by atoms with Crippen molar-refractivity contribution in [3.8, 4) is 0 Å². The molecule has 0 aliphatic carbocycles. The van der Waals surface area contributed by atoms with Crippen LogP contribution in [0, 0.1) is 0 Å². The van der Waals surface area contributed by atoms with Crippen LogP contribution >= 0.6 is 43.2 Å². The van der Waals surface area contributed by atoms with Crippen LogP contribution in [0.5, 0.6) is 0 Å². The van der Waals surface area contributed by atoms with Gasteiger partial charge in [0.25, 0.3) is 5.91 Å². The normalized spacial score (nSPS) is 11.2. The van der Waals surface area contributed by atoms with Crippen LogP contribution in [0.3, 0.4) is 0 Å². The van der Waals surface area contributed by atoms with Gasteiger partial charge in [-0.1, -0.05) is 0 Å². The first kappa shape index (κ1) is 18.9. The first-order chi connectivity index (χ1) is 11.1. The van der Waals surface area contributed by atoms with Crippen LogP contribution in [0.15, 0.2) is 32.5 Å². The summed E-state index contributed by atoms with van der Waals surface area (Å²) in [4.78, 5) is 23.7. The lowest BCUT2D eigenvalue weighted by Crippen LogP contribution is -2.15. The summed E-state index contributed by atoms with van der Waals surface area (Å²) >= 11 is 7.59. The molecule has 0 fully saturated rings. The Hall–Kier alpha value is -1.39. The molecule has 2 aromatic rings. The lowest BCUT2D eigenvalue weighted by atomic mass is 10.1. The van der Waals surface area contributed by atoms with Crippen LogP contribution in [0.4, 0.5) is 24.5 Å². The maximum absolute atomic E-state index is 12.9. The number of anilines is 2. The van der Waals surface area contributed by atoms with Crippen molar-refractivity contribution in [1.82, 2.24) is 0 Å². The van der Waals surface area contributed by atoms with Gasteiger partial charge in [0.1, 0.15) is 0 Å². The Labute approximate surface area is 155 Å². The number of thiophene rings is 1. The van der Waals surface area contributed by atoms with Crippen molar-refractivity contribution in [3.63, 3.8) is 0 Å². The fourth-order valence-electron chi connectivity index (χ4n) is 1.77. The Morgan fingerprint density at radius 2 is 1.75 bits per heavy atom. The topological polar surface area (TPSA) is 58.2 Å². The van der Waals surface area contributed by atoms with Crippen molar-refractivity contribution >= 4 is 66.4 Å². The van der Waals surface area contributed by atoms with Crippen molar-refractivity contribution in [1.29, 1.82) is 0 Å². The summed E-state index contributed by atoms with van der Waals surface area (Å²) in [6.07, 6.45) is -4.57. The van der Waals surface area contributed by atoms with E-state index in [-0.39, 0.29) is 11.4 Å². The minimum absolute atomic E-state index is 0.0820. The van der Waals surface area contributed by atoms with Gasteiger partial charge in [0.15, 0.2) is 0 Å². The van der Waals surface area contributed by atoms with Crippen molar-refractivity contribution in [3.05, 3.63) is 43.0 Å². The van der Waals surface area contributed by atoms with Crippen LogP contribution in [0.1, 0.15) is 22.2 Å². The number of hydrogen-bond acceptors (Lipinski definition) is 3. The number of hydrogen-bond donors (Lipinski definition) is 2. The molecule has 0 atom stereocenters. The van der Waals surface area contributed by atoms with E-state index in [1.54, 1.807) is 0 Å². The number of halogens is 5. The molecule has 2 N–H and O–H groups in total. The third-order valence-electron chi connectivity index (χ3n) is 2.77. The molecule has 0 radical (unpaired) electrons. The molecule has 1 aromatic heterocycles. The maximum atomic E-state index is 12.9. The summed E-state index contributed by atoms with van der Waals surface area (Å²) in [5.74, 6) is -1.05. The first-order valence-electron chi connectivity index (χ1n) is 6.33. The molecule has 0 aliphatic heterocycles. The van der Waals surface area contributed by atoms with Crippen molar-refractivity contribution < 1.29 is 22.8 Å². The van der Waals surface area contributed by atoms with E-state index in [0.717, 1.165) is 29.5 Å². The molecule has 0 saturated heterocycles. The molecule has 10 heteroatoms. The summed E-state index contributed by atoms with van der Waals surface area (Å²) in [6.45, 7) is 1.22. The highest BCUT2D eigenvalue weighted by molar-refractivity contribution is 9.13. The smallest absolute Gasteiger partial charge is 0.325 e. The van der Waals surface area contributed by atoms with Gasteiger partial charge in [0, 0.05) is 11.4 Å². The van der Waals surface area contributed by atoms with Crippen molar-refractivity contribution in [2.24, 2.45) is 0 Å². The standard InChI is InChI=1S/C14H9Br2F3N2O2S/c1-6(22)20-9-3-2-7(14(17,18)19)4-10(9)21-13(23)11-5-8(15)12(16)24-11/h2-5H,1H3,(H,20,22)(H,21,23). The molecule has 0 bridgehead atoms. The Bertz CT molecular complexity index is 786. The van der Waals surface area contributed by atoms with Gasteiger partial charge >= 0.3 is 6.18 Å². The number of alkyl halides is 3. The van der Waals surface area contributed by atoms with Crippen LogP contribution in [0.25, 0.3) is 0 Å². The second-order valence-corrected chi connectivity index (χ2v) is 7.85. The number of amides is 2. The molecule has 0 saturated carbocycles. The summed E-state index contributed by atoms with van der Waals surface area (Å²) in [6, 6.07) is 4.25. The second kappa shape index (κ2) is 7.24. The van der Waals surface area contributed by atoms with Crippen LogP contribution in [0.2, 0.25) is 0 Å². The van der Waals surface area contributed by atoms with E-state index in [1.807, 2.05) is 0 Å². The van der Waals surface area contributed by atoms with E-state index in [0.29, 0.717) is 13.1 Å². The van der Waals surface area contributed by atoms with E-state index in [1.165, 1.54) is 13.0 Å². The molecule has 1 aromatic carbocycles. The van der Waals surface area contributed by atoms with Crippen LogP contribution in [-0.2, 0) is 11.0 Å². The van der Waals surface area contributed by atoms with E-state index in [4.69, 9.17) is 0 Å². The largest absolute Gasteiger partial charge is 0.416 e. The number of nitrogens with one attached hydrogen (secondary N) is 2. The highest BCUT2D eigenvalue weighted by Crippen LogP contribution is 2.36. The van der Waals surface area contributed by atoms with Gasteiger partial charge in [0.05, 0.1) is 25.6 Å². The lowest BCUT2D eigenvalue weighted by Gasteiger charge is -2.14. The number of rotatable bonds is 3. The van der Waals surface area contributed by atoms with Gasteiger partial charge in [-0.3, -0.25) is 9.59 Å². The SMILES string of the molecule is CC(=O)Nc1ccc(C(F)(F)F)cc1NC(=O)c1cc(Br)c(Br)s1. The Kier molecular flexibility index (Phi) is 5.71. The number of benzene rings is 1. The maximum Gasteiger partial charge on any atom is 0.416 e. The van der Waals surface area contributed by atoms with Gasteiger partial charge in [-0.25, -0.2) is 0 Å². The average Bonchev–Trinajstić information content (AvgIpc) is 2.79. The first-order valence-corrected chi connectivity index (χ1v) is 8.73. The van der Waals surface area contributed by atoms with Gasteiger partial charge in [-0.2, -0.15) is 13.2 Å². The lowest BCUT2D eigenvalue weighted by molar-refractivity contribution is -0.137. The van der Waals surface area contributed by atoms with Crippen LogP contribution in [-0.4, -0.2) is 11.8 Å². The molecule has 2 rings (SSSR count). The molecular formula is C14H9Br2F3N2O2S. The predicted molar refractivity (Wildman–Crippen MR) is 93.4 cm³/mol. The molecule has 128 valence electrons. The molecule has 0 aliphatic rings. The summed E-state index contributed by atoms with van der Waals surface area (Å²) in [5.41, 5.74) is -0.982. The predicted octanol–water partition coefficient (Wildman–Crippen LogP) is 5.50. The Morgan fingerprint density at radius 1 is 1.08 bits per heavy atom. The summed E-state index contributed by atoms with van der Waals surface area (Å²) in [5, 5.41) is 4.79. The third kappa shape index (κ3) is 4.58. The van der Waals surface area contributed by atoms with E-state index in [2.05, 4.69) is 42.5 Å². The quantitative estimate of drug-likeness (QED) is 0.602. The molecular weight excluding hydrogens is 477 g/mol. The van der Waals surface area contributed by atoms with Crippen molar-refractivity contribution in [2.45, 2.75) is 13.1 Å². The monoisotopic (exact) mass is 484 g/mol. The average molecular weight is 486 g/mol. The zero-order chi connectivity index (χ0) is 18.1. The van der Waals surface area contributed by atoms with E-state index in [9.17, 15) is 22.8 Å². The molecule has 0 spiro atoms. The zero-order valence-electron chi connectivity index (χ0n) is 11.9. The van der Waals surface area contributed by atoms with Gasteiger partial charge in [0.2, 0.25) is 5.91 Å². The second-order valence-electron chi connectivity index (χ2n) is 4.63. The van der Waals surface area contributed by atoms with E-state index >= 15 is 0 Å². The highest BCUT2D eigenvalue weighted by atomic mass is 79.9. The summed E-state index contributed by atoms with van der Waals surface area (Å²) < 4.78 is 39.9. The number of carbonyl (C=O) groups is 2. The molecule has 4 nitrogen and oxygen atoms in total. The molecule has 0 unspecified atom stereocenters. The summed E-state index contributed by atoms with van der Waals surface area (Å²) in [7, 11) is 0. The zero-order valence-corrected chi connectivity index (χ0v) is 15.9. The fourth-order valence-corrected chi connectivity index (χ4v) is 3.70. The van der Waals surface area contributed by atoms with Crippen molar-refractivity contribution in [2.75, 3.05) is 10.6 Å². The van der Waals surface area contributed by atoms with Crippen LogP contribution < -0.4 is 10.6 Å². The van der Waals surface area contributed by atoms with Gasteiger partial charge in [-0.05, 0) is 56.1 Å². The third-order valence-corrected chi connectivity index (χ3v) is 6.03. The minimum Gasteiger partial charge on any atom is -0.325 e. The Morgan fingerprint density at radius 3 is 2.25 bits per heavy atom. The molecule has 1 heterocycles. The molecule has 2 amide bonds.